The molecule has 0 aliphatic heterocycles. The number of nitrogens with zero attached hydrogens (tertiary/aromatic N) is 2. The summed E-state index contributed by atoms with van der Waals surface area (Å²) in [5, 5.41) is 10.9. The standard InChI is InChI=1S/C8H9N3OS/c1-6-7(13-5-11-6)4-10-8(12)2-3-9/h5H,2,4H2,1H3,(H,10,12). The third-order valence-corrected chi connectivity index (χ3v) is 2.47. The molecule has 0 atom stereocenters. The zero-order valence-electron chi connectivity index (χ0n) is 7.20. The van der Waals surface area contributed by atoms with Crippen LogP contribution in [0.15, 0.2) is 5.51 Å². The first kappa shape index (κ1) is 9.68. The van der Waals surface area contributed by atoms with E-state index in [9.17, 15) is 4.79 Å². The first-order valence-corrected chi connectivity index (χ1v) is 4.64. The van der Waals surface area contributed by atoms with Gasteiger partial charge in [-0.1, -0.05) is 0 Å². The molecule has 1 amide bonds. The number of rotatable bonds is 3. The largest absolute Gasteiger partial charge is 0.350 e. The molecule has 0 spiro atoms. The third kappa shape index (κ3) is 2.84. The van der Waals surface area contributed by atoms with Crippen LogP contribution in [-0.2, 0) is 11.3 Å². The first-order chi connectivity index (χ1) is 6.24. The average molecular weight is 195 g/mol. The lowest BCUT2D eigenvalue weighted by Crippen LogP contribution is -2.21. The van der Waals surface area contributed by atoms with Gasteiger partial charge in [0.2, 0.25) is 5.91 Å². The highest BCUT2D eigenvalue weighted by atomic mass is 32.1. The third-order valence-electron chi connectivity index (χ3n) is 1.53. The minimum Gasteiger partial charge on any atom is -0.350 e. The Morgan fingerprint density at radius 1 is 1.85 bits per heavy atom. The Kier molecular flexibility index (Phi) is 3.41. The van der Waals surface area contributed by atoms with Crippen molar-refractivity contribution in [1.29, 1.82) is 5.26 Å². The van der Waals surface area contributed by atoms with Crippen LogP contribution >= 0.6 is 11.3 Å². The molecule has 0 bridgehead atoms. The van der Waals surface area contributed by atoms with Gasteiger partial charge in [0.25, 0.3) is 0 Å². The Morgan fingerprint density at radius 3 is 3.15 bits per heavy atom. The molecule has 1 N–H and O–H groups in total. The molecule has 1 aromatic heterocycles. The van der Waals surface area contributed by atoms with Gasteiger partial charge < -0.3 is 5.32 Å². The molecule has 0 aliphatic rings. The second-order valence-corrected chi connectivity index (χ2v) is 3.41. The predicted octanol–water partition coefficient (Wildman–Crippen LogP) is 0.981. The van der Waals surface area contributed by atoms with Crippen molar-refractivity contribution in [1.82, 2.24) is 10.3 Å². The van der Waals surface area contributed by atoms with Gasteiger partial charge in [0.15, 0.2) is 0 Å². The van der Waals surface area contributed by atoms with Gasteiger partial charge in [0.1, 0.15) is 6.42 Å². The molecule has 0 unspecified atom stereocenters. The molecule has 0 aliphatic carbocycles. The Bertz CT molecular complexity index is 339. The minimum absolute atomic E-state index is 0.0855. The summed E-state index contributed by atoms with van der Waals surface area (Å²) < 4.78 is 0. The van der Waals surface area contributed by atoms with Gasteiger partial charge in [-0.05, 0) is 6.92 Å². The number of carbonyl (C=O) groups excluding carboxylic acids is 1. The number of amides is 1. The van der Waals surface area contributed by atoms with Gasteiger partial charge in [-0.3, -0.25) is 4.79 Å². The molecule has 4 nitrogen and oxygen atoms in total. The molecule has 0 fully saturated rings. The van der Waals surface area contributed by atoms with Crippen LogP contribution in [0.4, 0.5) is 0 Å². The number of aryl methyl sites for hydroxylation is 1. The summed E-state index contributed by atoms with van der Waals surface area (Å²) in [6.45, 7) is 2.36. The summed E-state index contributed by atoms with van der Waals surface area (Å²) in [7, 11) is 0. The van der Waals surface area contributed by atoms with Crippen molar-refractivity contribution in [3.05, 3.63) is 16.1 Å². The van der Waals surface area contributed by atoms with E-state index < -0.39 is 0 Å². The van der Waals surface area contributed by atoms with E-state index in [1.54, 1.807) is 11.6 Å². The first-order valence-electron chi connectivity index (χ1n) is 3.76. The smallest absolute Gasteiger partial charge is 0.234 e. The topological polar surface area (TPSA) is 65.8 Å². The van der Waals surface area contributed by atoms with E-state index in [4.69, 9.17) is 5.26 Å². The van der Waals surface area contributed by atoms with Crippen LogP contribution in [0.2, 0.25) is 0 Å². The fraction of sp³-hybridized carbons (Fsp3) is 0.375. The van der Waals surface area contributed by atoms with E-state index >= 15 is 0 Å². The van der Waals surface area contributed by atoms with Crippen molar-refractivity contribution in [2.24, 2.45) is 0 Å². The van der Waals surface area contributed by atoms with Crippen molar-refractivity contribution in [3.63, 3.8) is 0 Å². The van der Waals surface area contributed by atoms with Gasteiger partial charge in [-0.25, -0.2) is 4.98 Å². The lowest BCUT2D eigenvalue weighted by Gasteiger charge is -1.99. The molecule has 5 heteroatoms. The summed E-state index contributed by atoms with van der Waals surface area (Å²) in [5.74, 6) is -0.240. The van der Waals surface area contributed by atoms with E-state index in [1.807, 2.05) is 6.92 Å². The SMILES string of the molecule is Cc1ncsc1CNC(=O)CC#N. The molecule has 0 aromatic carbocycles. The van der Waals surface area contributed by atoms with Crippen LogP contribution in [0.25, 0.3) is 0 Å². The molecular weight excluding hydrogens is 186 g/mol. The van der Waals surface area contributed by atoms with Crippen molar-refractivity contribution < 1.29 is 4.79 Å². The van der Waals surface area contributed by atoms with E-state index in [1.165, 1.54) is 11.3 Å². The molecule has 0 saturated heterocycles. The maximum absolute atomic E-state index is 10.9. The van der Waals surface area contributed by atoms with Gasteiger partial charge >= 0.3 is 0 Å². The average Bonchev–Trinajstić information content (AvgIpc) is 2.48. The fourth-order valence-corrected chi connectivity index (χ4v) is 1.53. The Balaban J connectivity index is 2.40. The van der Waals surface area contributed by atoms with E-state index in [2.05, 4.69) is 10.3 Å². The van der Waals surface area contributed by atoms with Gasteiger partial charge in [-0.15, -0.1) is 11.3 Å². The summed E-state index contributed by atoms with van der Waals surface area (Å²) in [6.07, 6.45) is -0.0855. The highest BCUT2D eigenvalue weighted by molar-refractivity contribution is 7.09. The van der Waals surface area contributed by atoms with Crippen molar-refractivity contribution in [2.75, 3.05) is 0 Å². The summed E-state index contributed by atoms with van der Waals surface area (Å²) in [5.41, 5.74) is 2.67. The minimum atomic E-state index is -0.240. The molecular formula is C8H9N3OS. The maximum Gasteiger partial charge on any atom is 0.234 e. The summed E-state index contributed by atoms with van der Waals surface area (Å²) >= 11 is 1.50. The Labute approximate surface area is 80.2 Å². The van der Waals surface area contributed by atoms with Crippen LogP contribution in [0.5, 0.6) is 0 Å². The second-order valence-electron chi connectivity index (χ2n) is 2.47. The van der Waals surface area contributed by atoms with Crippen LogP contribution in [0.1, 0.15) is 17.0 Å². The predicted molar refractivity (Wildman–Crippen MR) is 48.9 cm³/mol. The molecule has 1 rings (SSSR count). The van der Waals surface area contributed by atoms with Crippen molar-refractivity contribution in [2.45, 2.75) is 19.9 Å². The second kappa shape index (κ2) is 4.58. The number of aromatic nitrogens is 1. The zero-order chi connectivity index (χ0) is 9.68. The Morgan fingerprint density at radius 2 is 2.62 bits per heavy atom. The normalized spacial score (nSPS) is 9.23. The van der Waals surface area contributed by atoms with Crippen LogP contribution < -0.4 is 5.32 Å². The van der Waals surface area contributed by atoms with Crippen LogP contribution in [-0.4, -0.2) is 10.9 Å². The van der Waals surface area contributed by atoms with Crippen molar-refractivity contribution >= 4 is 17.2 Å². The lowest BCUT2D eigenvalue weighted by atomic mass is 10.3. The number of hydrogen-bond acceptors (Lipinski definition) is 4. The number of hydrogen-bond donors (Lipinski definition) is 1. The fourth-order valence-electron chi connectivity index (χ4n) is 0.809. The number of thiazole rings is 1. The van der Waals surface area contributed by atoms with Crippen molar-refractivity contribution in [3.8, 4) is 6.07 Å². The zero-order valence-corrected chi connectivity index (χ0v) is 8.02. The summed E-state index contributed by atoms with van der Waals surface area (Å²) in [4.78, 5) is 16.0. The number of nitrogens with one attached hydrogen (secondary N) is 1. The molecule has 1 heterocycles. The maximum atomic E-state index is 10.9. The monoisotopic (exact) mass is 195 g/mol. The Hall–Kier alpha value is -1.41. The number of nitriles is 1. The van der Waals surface area contributed by atoms with E-state index in [0.29, 0.717) is 6.54 Å². The molecule has 1 aromatic rings. The molecule has 68 valence electrons. The van der Waals surface area contributed by atoms with Gasteiger partial charge in [0.05, 0.1) is 23.8 Å². The van der Waals surface area contributed by atoms with Gasteiger partial charge in [-0.2, -0.15) is 5.26 Å². The van der Waals surface area contributed by atoms with E-state index in [-0.39, 0.29) is 12.3 Å². The van der Waals surface area contributed by atoms with Crippen LogP contribution in [0, 0.1) is 18.3 Å². The highest BCUT2D eigenvalue weighted by Crippen LogP contribution is 2.10. The molecule has 0 radical (unpaired) electrons. The molecule has 0 saturated carbocycles. The molecule has 13 heavy (non-hydrogen) atoms. The van der Waals surface area contributed by atoms with E-state index in [0.717, 1.165) is 10.6 Å². The number of carbonyl (C=O) groups is 1. The van der Waals surface area contributed by atoms with Gasteiger partial charge in [0, 0.05) is 4.88 Å². The lowest BCUT2D eigenvalue weighted by molar-refractivity contribution is -0.120. The van der Waals surface area contributed by atoms with Crippen LogP contribution in [0.3, 0.4) is 0 Å². The summed E-state index contributed by atoms with van der Waals surface area (Å²) in [6, 6.07) is 1.79. The highest BCUT2D eigenvalue weighted by Gasteiger charge is 2.03. The quantitative estimate of drug-likeness (QED) is 0.781.